The molecule has 0 aliphatic carbocycles. The fraction of sp³-hybridized carbons (Fsp3) is 0.976. The van der Waals surface area contributed by atoms with Crippen molar-refractivity contribution in [3.05, 3.63) is 0 Å². The summed E-state index contributed by atoms with van der Waals surface area (Å²) in [6, 6.07) is 0.292. The van der Waals surface area contributed by atoms with Crippen LogP contribution < -0.4 is 10.2 Å². The Labute approximate surface area is 591 Å². The van der Waals surface area contributed by atoms with E-state index in [2.05, 4.69) is 51.3 Å². The Balaban J connectivity index is -0.00000164. The van der Waals surface area contributed by atoms with Gasteiger partial charge in [0, 0.05) is 36.9 Å². The van der Waals surface area contributed by atoms with Gasteiger partial charge in [-0.3, -0.25) is 0 Å². The standard InChI is InChI=1S/2C41H83NO2.Ca/c2*1-4-7-9-11-13-15-17-19-21-23-25-27-29-31-33-35-37-42(40(6-3)39-41(43)44)38-36-34-32-30-28-26-24-22-20-18-16-14-12-10-8-5-2;/h2*40H,4-39H2,1-3H3,(H,43,44);/q;;+2/p-2. The van der Waals surface area contributed by atoms with Gasteiger partial charge in [0.1, 0.15) is 0 Å². The molecule has 0 radical (unpaired) electrons. The molecular weight excluding hydrogens is 1120 g/mol. The van der Waals surface area contributed by atoms with Crippen molar-refractivity contribution in [2.45, 2.75) is 490 Å². The van der Waals surface area contributed by atoms with Crippen LogP contribution in [-0.2, 0) is 9.59 Å². The van der Waals surface area contributed by atoms with Crippen LogP contribution in [0.15, 0.2) is 0 Å². The van der Waals surface area contributed by atoms with Gasteiger partial charge in [0.15, 0.2) is 0 Å². The molecule has 0 aromatic rings. The molecule has 0 bridgehead atoms. The molecule has 528 valence electrons. The van der Waals surface area contributed by atoms with Crippen LogP contribution in [0.25, 0.3) is 0 Å². The Kier molecular flexibility index (Phi) is 86.3. The fourth-order valence-electron chi connectivity index (χ4n) is 13.9. The number of carbonyl (C=O) groups is 2. The predicted molar refractivity (Wildman–Crippen MR) is 394 cm³/mol. The first kappa shape index (κ1) is 93.3. The van der Waals surface area contributed by atoms with Gasteiger partial charge in [0.25, 0.3) is 0 Å². The zero-order chi connectivity index (χ0) is 64.4. The van der Waals surface area contributed by atoms with E-state index in [-0.39, 0.29) is 62.7 Å². The Hall–Kier alpha value is 0.120. The second kappa shape index (κ2) is 82.4. The van der Waals surface area contributed by atoms with E-state index >= 15 is 0 Å². The number of carboxylic acids is 2. The van der Waals surface area contributed by atoms with Gasteiger partial charge < -0.3 is 29.6 Å². The van der Waals surface area contributed by atoms with Crippen LogP contribution in [0.5, 0.6) is 0 Å². The zero-order valence-corrected chi connectivity index (χ0v) is 64.5. The predicted octanol–water partition coefficient (Wildman–Crippen LogP) is 25.1. The molecule has 0 N–H and O–H groups in total. The summed E-state index contributed by atoms with van der Waals surface area (Å²) in [4.78, 5) is 27.7. The van der Waals surface area contributed by atoms with E-state index in [9.17, 15) is 19.8 Å². The van der Waals surface area contributed by atoms with Crippen molar-refractivity contribution >= 4 is 49.7 Å². The van der Waals surface area contributed by atoms with E-state index in [0.717, 1.165) is 39.0 Å². The fourth-order valence-corrected chi connectivity index (χ4v) is 13.9. The Morgan fingerprint density at radius 2 is 0.326 bits per heavy atom. The molecular formula is C82H164CaN2O4. The number of rotatable bonds is 76. The van der Waals surface area contributed by atoms with Gasteiger partial charge in [-0.1, -0.05) is 427 Å². The Morgan fingerprint density at radius 1 is 0.213 bits per heavy atom. The van der Waals surface area contributed by atoms with Gasteiger partial charge in [-0.2, -0.15) is 0 Å². The van der Waals surface area contributed by atoms with Crippen LogP contribution >= 0.6 is 0 Å². The molecule has 0 spiro atoms. The largest absolute Gasteiger partial charge is 2.00 e. The Morgan fingerprint density at radius 3 is 0.427 bits per heavy atom. The molecule has 0 saturated heterocycles. The van der Waals surface area contributed by atoms with Gasteiger partial charge in [-0.25, -0.2) is 0 Å². The molecule has 0 heterocycles. The molecule has 0 aliphatic heterocycles. The second-order valence-corrected chi connectivity index (χ2v) is 28.6. The summed E-state index contributed by atoms with van der Waals surface area (Å²) in [5.41, 5.74) is 0. The van der Waals surface area contributed by atoms with Crippen molar-refractivity contribution in [3.8, 4) is 0 Å². The monoisotopic (exact) mass is 1280 g/mol. The molecule has 0 amide bonds. The summed E-state index contributed by atoms with van der Waals surface area (Å²) in [7, 11) is 0. The topological polar surface area (TPSA) is 86.7 Å². The molecule has 0 aromatic heterocycles. The minimum Gasteiger partial charge on any atom is -0.550 e. The summed E-state index contributed by atoms with van der Waals surface area (Å²) < 4.78 is 0. The van der Waals surface area contributed by atoms with Crippen LogP contribution in [0.2, 0.25) is 0 Å². The molecule has 89 heavy (non-hydrogen) atoms. The first-order chi connectivity index (χ1) is 43.3. The number of carboxylic acid groups (broad SMARTS) is 2. The van der Waals surface area contributed by atoms with Gasteiger partial charge in [-0.15, -0.1) is 0 Å². The maximum atomic E-state index is 11.4. The third-order valence-corrected chi connectivity index (χ3v) is 20.0. The molecule has 6 nitrogen and oxygen atoms in total. The van der Waals surface area contributed by atoms with E-state index in [1.807, 2.05) is 0 Å². The number of hydrogen-bond acceptors (Lipinski definition) is 6. The average Bonchev–Trinajstić information content (AvgIpc) is 3.63. The smallest absolute Gasteiger partial charge is 0.550 e. The second-order valence-electron chi connectivity index (χ2n) is 28.6. The van der Waals surface area contributed by atoms with Crippen LogP contribution in [0.1, 0.15) is 478 Å². The third kappa shape index (κ3) is 77.0. The van der Waals surface area contributed by atoms with E-state index in [1.54, 1.807) is 0 Å². The van der Waals surface area contributed by atoms with E-state index < -0.39 is 11.9 Å². The van der Waals surface area contributed by atoms with Crippen LogP contribution in [0.3, 0.4) is 0 Å². The van der Waals surface area contributed by atoms with Gasteiger partial charge in [0.05, 0.1) is 0 Å². The van der Waals surface area contributed by atoms with E-state index in [1.165, 1.54) is 411 Å². The van der Waals surface area contributed by atoms with Crippen molar-refractivity contribution in [2.24, 2.45) is 0 Å². The maximum absolute atomic E-state index is 11.4. The van der Waals surface area contributed by atoms with E-state index in [0.29, 0.717) is 0 Å². The zero-order valence-electron chi connectivity index (χ0n) is 62.3. The van der Waals surface area contributed by atoms with Crippen molar-refractivity contribution in [1.29, 1.82) is 0 Å². The van der Waals surface area contributed by atoms with Crippen LogP contribution in [-0.4, -0.2) is 97.7 Å². The van der Waals surface area contributed by atoms with Crippen molar-refractivity contribution in [2.75, 3.05) is 26.2 Å². The normalized spacial score (nSPS) is 12.2. The van der Waals surface area contributed by atoms with Gasteiger partial charge >= 0.3 is 37.7 Å². The molecule has 0 aliphatic rings. The van der Waals surface area contributed by atoms with Crippen LogP contribution in [0.4, 0.5) is 0 Å². The molecule has 0 fully saturated rings. The Bertz CT molecular complexity index is 1130. The summed E-state index contributed by atoms with van der Waals surface area (Å²) in [5.74, 6) is -1.78. The molecule has 0 rings (SSSR count). The molecule has 2 unspecified atom stereocenters. The number of unbranched alkanes of at least 4 members (excludes halogenated alkanes) is 60. The van der Waals surface area contributed by atoms with Gasteiger partial charge in [0.2, 0.25) is 0 Å². The van der Waals surface area contributed by atoms with E-state index in [4.69, 9.17) is 0 Å². The molecule has 7 heteroatoms. The number of aliphatic carboxylic acids is 2. The van der Waals surface area contributed by atoms with Gasteiger partial charge in [-0.05, 0) is 64.7 Å². The SMILES string of the molecule is CCCCCCCCCCCCCCCCCCN(CCCCCCCCCCCCCCCCCC)C(CC)CC(=O)[O-].CCCCCCCCCCCCCCCCCCN(CCCCCCCCCCCCCCCCCC)C(CC)CC(=O)[O-].[Ca+2]. The summed E-state index contributed by atoms with van der Waals surface area (Å²) >= 11 is 0. The quantitative estimate of drug-likeness (QED) is 0.0445. The minimum atomic E-state index is -0.888. The average molecular weight is 1280 g/mol. The van der Waals surface area contributed by atoms with Crippen molar-refractivity contribution in [3.63, 3.8) is 0 Å². The third-order valence-electron chi connectivity index (χ3n) is 20.0. The van der Waals surface area contributed by atoms with Crippen molar-refractivity contribution < 1.29 is 19.8 Å². The van der Waals surface area contributed by atoms with Crippen LogP contribution in [0, 0.1) is 0 Å². The first-order valence-electron chi connectivity index (χ1n) is 41.2. The van der Waals surface area contributed by atoms with Crippen molar-refractivity contribution in [1.82, 2.24) is 9.80 Å². The minimum absolute atomic E-state index is 0. The molecule has 0 aromatic carbocycles. The number of carbonyl (C=O) groups excluding carboxylic acids is 2. The molecule has 2 atom stereocenters. The number of nitrogens with zero attached hydrogens (tertiary/aromatic N) is 2. The first-order valence-corrected chi connectivity index (χ1v) is 41.2. The summed E-state index contributed by atoms with van der Waals surface area (Å²) in [5, 5.41) is 22.8. The summed E-state index contributed by atoms with van der Waals surface area (Å²) in [6.45, 7) is 17.7. The number of hydrogen-bond donors (Lipinski definition) is 0. The maximum Gasteiger partial charge on any atom is 2.00 e. The molecule has 0 saturated carbocycles. The summed E-state index contributed by atoms with van der Waals surface area (Å²) in [6.07, 6.45) is 91.3.